The van der Waals surface area contributed by atoms with E-state index in [2.05, 4.69) is 15.3 Å². The summed E-state index contributed by atoms with van der Waals surface area (Å²) in [6.45, 7) is 3.57. The molecule has 0 saturated heterocycles. The average Bonchev–Trinajstić information content (AvgIpc) is 3.13. The molecule has 25 heavy (non-hydrogen) atoms. The van der Waals surface area contributed by atoms with Gasteiger partial charge in [-0.1, -0.05) is 18.2 Å². The number of aryl methyl sites for hydroxylation is 2. The van der Waals surface area contributed by atoms with Crippen LogP contribution in [0.25, 0.3) is 0 Å². The van der Waals surface area contributed by atoms with E-state index in [1.165, 1.54) is 6.20 Å². The summed E-state index contributed by atoms with van der Waals surface area (Å²) in [6, 6.07) is 10.6. The number of carbonyl (C=O) groups is 1. The molecule has 0 radical (unpaired) electrons. The van der Waals surface area contributed by atoms with E-state index in [4.69, 9.17) is 9.15 Å². The molecule has 0 fully saturated rings. The minimum absolute atomic E-state index is 0.273. The molecule has 3 rings (SSSR count). The smallest absolute Gasteiger partial charge is 0.255 e. The number of ether oxygens (including phenoxy) is 1. The van der Waals surface area contributed by atoms with Crippen LogP contribution in [0.2, 0.25) is 0 Å². The Morgan fingerprint density at radius 2 is 2.00 bits per heavy atom. The fourth-order valence-electron chi connectivity index (χ4n) is 2.68. The third-order valence-corrected chi connectivity index (χ3v) is 3.90. The van der Waals surface area contributed by atoms with Crippen molar-refractivity contribution in [1.29, 1.82) is 0 Å². The molecule has 0 aliphatic rings. The van der Waals surface area contributed by atoms with Crippen molar-refractivity contribution in [3.8, 4) is 5.75 Å². The summed E-state index contributed by atoms with van der Waals surface area (Å²) in [6.07, 6.45) is 3.11. The molecule has 0 aliphatic carbocycles. The lowest BCUT2D eigenvalue weighted by Gasteiger charge is -2.20. The Bertz CT molecular complexity index is 875. The molecule has 2 heterocycles. The molecule has 0 spiro atoms. The van der Waals surface area contributed by atoms with Gasteiger partial charge >= 0.3 is 0 Å². The van der Waals surface area contributed by atoms with Crippen molar-refractivity contribution in [1.82, 2.24) is 15.3 Å². The summed E-state index contributed by atoms with van der Waals surface area (Å²) < 4.78 is 11.0. The molecule has 6 nitrogen and oxygen atoms in total. The minimum Gasteiger partial charge on any atom is -0.496 e. The van der Waals surface area contributed by atoms with Gasteiger partial charge in [0, 0.05) is 11.8 Å². The zero-order chi connectivity index (χ0) is 17.8. The van der Waals surface area contributed by atoms with Crippen LogP contribution < -0.4 is 10.1 Å². The number of furan rings is 1. The molecule has 1 amide bonds. The zero-order valence-corrected chi connectivity index (χ0v) is 14.3. The Morgan fingerprint density at radius 3 is 2.68 bits per heavy atom. The monoisotopic (exact) mass is 337 g/mol. The van der Waals surface area contributed by atoms with Gasteiger partial charge in [-0.15, -0.1) is 0 Å². The highest BCUT2D eigenvalue weighted by Crippen LogP contribution is 2.30. The molecule has 3 aromatic rings. The molecule has 2 aromatic heterocycles. The second-order valence-corrected chi connectivity index (χ2v) is 5.58. The van der Waals surface area contributed by atoms with Gasteiger partial charge in [0.1, 0.15) is 23.4 Å². The van der Waals surface area contributed by atoms with Crippen LogP contribution in [0.15, 0.2) is 53.3 Å². The summed E-state index contributed by atoms with van der Waals surface area (Å²) in [5.41, 5.74) is 1.86. The second kappa shape index (κ2) is 7.17. The predicted molar refractivity (Wildman–Crippen MR) is 92.5 cm³/mol. The van der Waals surface area contributed by atoms with Crippen molar-refractivity contribution in [2.75, 3.05) is 7.11 Å². The summed E-state index contributed by atoms with van der Waals surface area (Å²) in [5, 5.41) is 2.99. The highest BCUT2D eigenvalue weighted by Gasteiger charge is 2.24. The van der Waals surface area contributed by atoms with Crippen molar-refractivity contribution in [2.45, 2.75) is 19.9 Å². The Labute approximate surface area is 145 Å². The van der Waals surface area contributed by atoms with E-state index in [0.29, 0.717) is 28.6 Å². The largest absolute Gasteiger partial charge is 0.496 e. The van der Waals surface area contributed by atoms with Gasteiger partial charge in [-0.05, 0) is 32.0 Å². The molecule has 1 atom stereocenters. The molecule has 6 heteroatoms. The fourth-order valence-corrected chi connectivity index (χ4v) is 2.68. The van der Waals surface area contributed by atoms with Crippen LogP contribution >= 0.6 is 0 Å². The third-order valence-electron chi connectivity index (χ3n) is 3.90. The first-order valence-electron chi connectivity index (χ1n) is 7.87. The summed E-state index contributed by atoms with van der Waals surface area (Å²) in [7, 11) is 1.60. The topological polar surface area (TPSA) is 77.2 Å². The number of amides is 1. The summed E-state index contributed by atoms with van der Waals surface area (Å²) in [5.74, 6) is 1.63. The SMILES string of the molecule is COc1ccccc1C(NC(=O)c1cnc(C)nc1C)c1ccco1. The van der Waals surface area contributed by atoms with Crippen molar-refractivity contribution in [3.63, 3.8) is 0 Å². The predicted octanol–water partition coefficient (Wildman–Crippen LogP) is 3.21. The van der Waals surface area contributed by atoms with Crippen LogP contribution in [0.5, 0.6) is 5.75 Å². The van der Waals surface area contributed by atoms with Gasteiger partial charge < -0.3 is 14.5 Å². The van der Waals surface area contributed by atoms with E-state index < -0.39 is 6.04 Å². The van der Waals surface area contributed by atoms with Gasteiger partial charge in [-0.2, -0.15) is 0 Å². The quantitative estimate of drug-likeness (QED) is 0.773. The molecular weight excluding hydrogens is 318 g/mol. The van der Waals surface area contributed by atoms with E-state index in [9.17, 15) is 4.79 Å². The number of carbonyl (C=O) groups excluding carboxylic acids is 1. The number of nitrogens with one attached hydrogen (secondary N) is 1. The van der Waals surface area contributed by atoms with Gasteiger partial charge in [0.2, 0.25) is 0 Å². The first-order valence-corrected chi connectivity index (χ1v) is 7.87. The standard InChI is InChI=1S/C19H19N3O3/c1-12-15(11-20-13(2)21-12)19(23)22-18(17-9-6-10-25-17)14-7-4-5-8-16(14)24-3/h4-11,18H,1-3H3,(H,22,23). The molecular formula is C19H19N3O3. The number of benzene rings is 1. The number of hydrogen-bond acceptors (Lipinski definition) is 5. The summed E-state index contributed by atoms with van der Waals surface area (Å²) in [4.78, 5) is 21.2. The van der Waals surface area contributed by atoms with Crippen LogP contribution in [0.3, 0.4) is 0 Å². The van der Waals surface area contributed by atoms with Gasteiger partial charge in [0.25, 0.3) is 5.91 Å². The Hall–Kier alpha value is -3.15. The van der Waals surface area contributed by atoms with Crippen LogP contribution in [-0.2, 0) is 0 Å². The molecule has 1 aromatic carbocycles. The number of nitrogens with zero attached hydrogens (tertiary/aromatic N) is 2. The molecule has 1 unspecified atom stereocenters. The van der Waals surface area contributed by atoms with Gasteiger partial charge in [-0.3, -0.25) is 4.79 Å². The lowest BCUT2D eigenvalue weighted by Crippen LogP contribution is -2.30. The molecule has 0 aliphatic heterocycles. The second-order valence-electron chi connectivity index (χ2n) is 5.58. The minimum atomic E-state index is -0.487. The maximum Gasteiger partial charge on any atom is 0.255 e. The van der Waals surface area contributed by atoms with Gasteiger partial charge in [0.05, 0.1) is 24.6 Å². The lowest BCUT2D eigenvalue weighted by molar-refractivity contribution is 0.0937. The fraction of sp³-hybridized carbons (Fsp3) is 0.211. The van der Waals surface area contributed by atoms with Crippen LogP contribution in [0, 0.1) is 13.8 Å². The average molecular weight is 337 g/mol. The summed E-state index contributed by atoms with van der Waals surface area (Å²) >= 11 is 0. The van der Waals surface area contributed by atoms with E-state index in [1.54, 1.807) is 33.3 Å². The maximum absolute atomic E-state index is 12.8. The van der Waals surface area contributed by atoms with Crippen molar-refractivity contribution >= 4 is 5.91 Å². The van der Waals surface area contributed by atoms with Crippen molar-refractivity contribution in [3.05, 3.63) is 77.3 Å². The Balaban J connectivity index is 1.97. The van der Waals surface area contributed by atoms with Crippen LogP contribution in [0.1, 0.15) is 39.2 Å². The highest BCUT2D eigenvalue weighted by atomic mass is 16.5. The zero-order valence-electron chi connectivity index (χ0n) is 14.3. The van der Waals surface area contributed by atoms with E-state index >= 15 is 0 Å². The van der Waals surface area contributed by atoms with E-state index in [-0.39, 0.29) is 5.91 Å². The van der Waals surface area contributed by atoms with Gasteiger partial charge in [0.15, 0.2) is 0 Å². The van der Waals surface area contributed by atoms with Crippen molar-refractivity contribution < 1.29 is 13.9 Å². The molecule has 128 valence electrons. The molecule has 0 bridgehead atoms. The first kappa shape index (κ1) is 16.7. The first-order chi connectivity index (χ1) is 12.1. The Kier molecular flexibility index (Phi) is 4.79. The van der Waals surface area contributed by atoms with E-state index in [1.807, 2.05) is 30.3 Å². The number of hydrogen-bond donors (Lipinski definition) is 1. The number of aromatic nitrogens is 2. The highest BCUT2D eigenvalue weighted by molar-refractivity contribution is 5.95. The number of para-hydroxylation sites is 1. The normalized spacial score (nSPS) is 11.8. The number of methoxy groups -OCH3 is 1. The molecule has 0 saturated carbocycles. The van der Waals surface area contributed by atoms with E-state index in [0.717, 1.165) is 5.56 Å². The van der Waals surface area contributed by atoms with Crippen molar-refractivity contribution in [2.24, 2.45) is 0 Å². The van der Waals surface area contributed by atoms with Crippen LogP contribution in [-0.4, -0.2) is 23.0 Å². The number of rotatable bonds is 5. The molecule has 1 N–H and O–H groups in total. The van der Waals surface area contributed by atoms with Crippen LogP contribution in [0.4, 0.5) is 0 Å². The Morgan fingerprint density at radius 1 is 1.20 bits per heavy atom. The lowest BCUT2D eigenvalue weighted by atomic mass is 10.0. The maximum atomic E-state index is 12.8. The van der Waals surface area contributed by atoms with Gasteiger partial charge in [-0.25, -0.2) is 9.97 Å². The third kappa shape index (κ3) is 3.52.